The molecule has 0 saturated carbocycles. The number of nitrogens with zero attached hydrogens (tertiary/aromatic N) is 2. The van der Waals surface area contributed by atoms with E-state index in [0.717, 1.165) is 5.56 Å². The Morgan fingerprint density at radius 1 is 1.26 bits per heavy atom. The minimum Gasteiger partial charge on any atom is -0.439 e. The highest BCUT2D eigenvalue weighted by atomic mass is 16.6. The van der Waals surface area contributed by atoms with Crippen LogP contribution in [0.2, 0.25) is 0 Å². The number of hydrogen-bond acceptors (Lipinski definition) is 5. The number of ether oxygens (including phenoxy) is 1. The molecule has 0 spiro atoms. The Balaban J connectivity index is 2.10. The fraction of sp³-hybridized carbons (Fsp3) is 0.154. The second-order valence-corrected chi connectivity index (χ2v) is 4.07. The lowest BCUT2D eigenvalue weighted by atomic mass is 10.2. The molecule has 1 aromatic heterocycles. The van der Waals surface area contributed by atoms with E-state index < -0.39 is 4.92 Å². The molecule has 0 amide bonds. The SMILES string of the molecule is C[C@H](N)c1ccc(Oc2ccc([N+](=O)[O-])cc2)nc1. The molecular weight excluding hydrogens is 246 g/mol. The molecule has 0 radical (unpaired) electrons. The van der Waals surface area contributed by atoms with Crippen LogP contribution in [0.15, 0.2) is 42.6 Å². The molecule has 0 fully saturated rings. The Morgan fingerprint density at radius 3 is 2.42 bits per heavy atom. The number of nitro groups is 1. The number of nitro benzene ring substituents is 1. The third kappa shape index (κ3) is 3.26. The van der Waals surface area contributed by atoms with Crippen molar-refractivity contribution in [3.63, 3.8) is 0 Å². The van der Waals surface area contributed by atoms with Gasteiger partial charge in [-0.1, -0.05) is 6.07 Å². The van der Waals surface area contributed by atoms with Crippen molar-refractivity contribution in [1.82, 2.24) is 4.98 Å². The molecule has 0 saturated heterocycles. The zero-order chi connectivity index (χ0) is 13.8. The highest BCUT2D eigenvalue weighted by molar-refractivity contribution is 5.37. The number of pyridine rings is 1. The molecule has 0 unspecified atom stereocenters. The number of aromatic nitrogens is 1. The van der Waals surface area contributed by atoms with Gasteiger partial charge in [0.05, 0.1) is 4.92 Å². The third-order valence-corrected chi connectivity index (χ3v) is 2.55. The number of rotatable bonds is 4. The summed E-state index contributed by atoms with van der Waals surface area (Å²) in [4.78, 5) is 14.2. The molecule has 1 heterocycles. The largest absolute Gasteiger partial charge is 0.439 e. The van der Waals surface area contributed by atoms with Crippen LogP contribution in [-0.2, 0) is 0 Å². The minimum atomic E-state index is -0.459. The van der Waals surface area contributed by atoms with Crippen molar-refractivity contribution in [2.24, 2.45) is 5.73 Å². The molecule has 19 heavy (non-hydrogen) atoms. The molecule has 0 bridgehead atoms. The Labute approximate surface area is 110 Å². The first kappa shape index (κ1) is 13.0. The third-order valence-electron chi connectivity index (χ3n) is 2.55. The summed E-state index contributed by atoms with van der Waals surface area (Å²) >= 11 is 0. The summed E-state index contributed by atoms with van der Waals surface area (Å²) in [5.41, 5.74) is 6.65. The Morgan fingerprint density at radius 2 is 1.95 bits per heavy atom. The van der Waals surface area contributed by atoms with Crippen LogP contribution in [0.1, 0.15) is 18.5 Å². The zero-order valence-corrected chi connectivity index (χ0v) is 10.3. The smallest absolute Gasteiger partial charge is 0.269 e. The quantitative estimate of drug-likeness (QED) is 0.673. The van der Waals surface area contributed by atoms with Gasteiger partial charge in [0, 0.05) is 30.4 Å². The zero-order valence-electron chi connectivity index (χ0n) is 10.3. The van der Waals surface area contributed by atoms with E-state index in [1.54, 1.807) is 12.3 Å². The van der Waals surface area contributed by atoms with E-state index in [1.165, 1.54) is 24.3 Å². The predicted molar refractivity (Wildman–Crippen MR) is 70.0 cm³/mol. The van der Waals surface area contributed by atoms with E-state index in [1.807, 2.05) is 13.0 Å². The van der Waals surface area contributed by atoms with E-state index in [4.69, 9.17) is 10.5 Å². The maximum absolute atomic E-state index is 10.5. The lowest BCUT2D eigenvalue weighted by Crippen LogP contribution is -2.05. The predicted octanol–water partition coefficient (Wildman–Crippen LogP) is 2.80. The van der Waals surface area contributed by atoms with Gasteiger partial charge in [0.25, 0.3) is 5.69 Å². The molecule has 6 heteroatoms. The summed E-state index contributed by atoms with van der Waals surface area (Å²) in [5.74, 6) is 0.907. The maximum atomic E-state index is 10.5. The van der Waals surface area contributed by atoms with Crippen molar-refractivity contribution >= 4 is 5.69 Å². The topological polar surface area (TPSA) is 91.3 Å². The van der Waals surface area contributed by atoms with Gasteiger partial charge >= 0.3 is 0 Å². The van der Waals surface area contributed by atoms with Gasteiger partial charge in [-0.3, -0.25) is 10.1 Å². The van der Waals surface area contributed by atoms with Crippen LogP contribution >= 0.6 is 0 Å². The second-order valence-electron chi connectivity index (χ2n) is 4.07. The molecule has 2 rings (SSSR count). The van der Waals surface area contributed by atoms with Gasteiger partial charge in [-0.05, 0) is 24.6 Å². The first-order valence-electron chi connectivity index (χ1n) is 5.70. The van der Waals surface area contributed by atoms with Gasteiger partial charge in [-0.15, -0.1) is 0 Å². The van der Waals surface area contributed by atoms with E-state index in [-0.39, 0.29) is 11.7 Å². The van der Waals surface area contributed by atoms with Crippen LogP contribution in [0.3, 0.4) is 0 Å². The van der Waals surface area contributed by atoms with Gasteiger partial charge in [-0.25, -0.2) is 4.98 Å². The Bertz CT molecular complexity index is 565. The average molecular weight is 259 g/mol. The summed E-state index contributed by atoms with van der Waals surface area (Å²) in [6, 6.07) is 9.27. The van der Waals surface area contributed by atoms with Crippen molar-refractivity contribution in [2.75, 3.05) is 0 Å². The maximum Gasteiger partial charge on any atom is 0.269 e. The van der Waals surface area contributed by atoms with Crippen LogP contribution in [0.5, 0.6) is 11.6 Å². The van der Waals surface area contributed by atoms with E-state index >= 15 is 0 Å². The van der Waals surface area contributed by atoms with Crippen molar-refractivity contribution < 1.29 is 9.66 Å². The first-order valence-corrected chi connectivity index (χ1v) is 5.70. The lowest BCUT2D eigenvalue weighted by Gasteiger charge is -2.07. The summed E-state index contributed by atoms with van der Waals surface area (Å²) in [6.45, 7) is 1.87. The van der Waals surface area contributed by atoms with Gasteiger partial charge in [-0.2, -0.15) is 0 Å². The second kappa shape index (κ2) is 5.45. The van der Waals surface area contributed by atoms with Crippen molar-refractivity contribution in [1.29, 1.82) is 0 Å². The van der Waals surface area contributed by atoms with Crippen molar-refractivity contribution in [3.05, 3.63) is 58.3 Å². The normalized spacial score (nSPS) is 11.9. The first-order chi connectivity index (χ1) is 9.06. The standard InChI is InChI=1S/C13H13N3O3/c1-9(14)10-2-7-13(15-8-10)19-12-5-3-11(4-6-12)16(17)18/h2-9H,14H2,1H3/t9-/m0/s1. The molecule has 98 valence electrons. The number of nitrogens with two attached hydrogens (primary N) is 1. The molecular formula is C13H13N3O3. The molecule has 2 aromatic rings. The highest BCUT2D eigenvalue weighted by Crippen LogP contribution is 2.22. The van der Waals surface area contributed by atoms with E-state index in [0.29, 0.717) is 11.6 Å². The lowest BCUT2D eigenvalue weighted by molar-refractivity contribution is -0.384. The van der Waals surface area contributed by atoms with Crippen LogP contribution in [0, 0.1) is 10.1 Å². The average Bonchev–Trinajstić information content (AvgIpc) is 2.40. The van der Waals surface area contributed by atoms with Crippen LogP contribution < -0.4 is 10.5 Å². The number of non-ortho nitro benzene ring substituents is 1. The monoisotopic (exact) mass is 259 g/mol. The molecule has 1 atom stereocenters. The van der Waals surface area contributed by atoms with E-state index in [9.17, 15) is 10.1 Å². The fourth-order valence-corrected chi connectivity index (χ4v) is 1.48. The van der Waals surface area contributed by atoms with Crippen LogP contribution in [0.4, 0.5) is 5.69 Å². The molecule has 6 nitrogen and oxygen atoms in total. The summed E-state index contributed by atoms with van der Waals surface area (Å²) in [5, 5.41) is 10.5. The highest BCUT2D eigenvalue weighted by Gasteiger charge is 2.06. The summed E-state index contributed by atoms with van der Waals surface area (Å²) < 4.78 is 5.47. The summed E-state index contributed by atoms with van der Waals surface area (Å²) in [7, 11) is 0. The van der Waals surface area contributed by atoms with Gasteiger partial charge < -0.3 is 10.5 Å². The molecule has 1 aromatic carbocycles. The Kier molecular flexibility index (Phi) is 3.72. The molecule has 0 aliphatic rings. The van der Waals surface area contributed by atoms with Crippen molar-refractivity contribution in [2.45, 2.75) is 13.0 Å². The van der Waals surface area contributed by atoms with Gasteiger partial charge in [0.1, 0.15) is 5.75 Å². The number of hydrogen-bond donors (Lipinski definition) is 1. The summed E-state index contributed by atoms with van der Waals surface area (Å²) in [6.07, 6.45) is 1.64. The van der Waals surface area contributed by atoms with Crippen LogP contribution in [-0.4, -0.2) is 9.91 Å². The van der Waals surface area contributed by atoms with Crippen LogP contribution in [0.25, 0.3) is 0 Å². The Hall–Kier alpha value is -2.47. The molecule has 2 N–H and O–H groups in total. The molecule has 0 aliphatic heterocycles. The fourth-order valence-electron chi connectivity index (χ4n) is 1.48. The van der Waals surface area contributed by atoms with Crippen molar-refractivity contribution in [3.8, 4) is 11.6 Å². The van der Waals surface area contributed by atoms with Gasteiger partial charge in [0.2, 0.25) is 5.88 Å². The minimum absolute atomic E-state index is 0.0209. The van der Waals surface area contributed by atoms with Gasteiger partial charge in [0.15, 0.2) is 0 Å². The number of benzene rings is 1. The van der Waals surface area contributed by atoms with E-state index in [2.05, 4.69) is 4.98 Å². The molecule has 0 aliphatic carbocycles.